The Kier molecular flexibility index (Phi) is 16.1. The molecule has 70 heavy (non-hydrogen) atoms. The summed E-state index contributed by atoms with van der Waals surface area (Å²) < 4.78 is 55.4. The standard InChI is InChI=1S/C56H48O14/c1-2-3-4-20-33-62-49-46(63-35-37-21-10-5-11-22-37)43-32-31-42(34-44(43)66-55(49)61)65-56-50(70-54(60)41-29-18-9-19-30-41)48(69-53(59)40-27-16-8-17-28-40)47(68-52(58)39-25-14-7-15-26-39)45(67-56)36-64-51(57)38-23-12-6-13-24-38/h3-19,21-32,34,45,47-48,50,56H,2,20,33,35-36H2,1H3/b4-3+/t45-,47-,48+,50+,56+/m1/s1. The summed E-state index contributed by atoms with van der Waals surface area (Å²) in [5.41, 5.74) is 0.664. The molecule has 6 aromatic carbocycles. The molecule has 0 bridgehead atoms. The van der Waals surface area contributed by atoms with Gasteiger partial charge in [-0.1, -0.05) is 122 Å². The van der Waals surface area contributed by atoms with Crippen molar-refractivity contribution in [3.63, 3.8) is 0 Å². The highest BCUT2D eigenvalue weighted by Crippen LogP contribution is 2.37. The lowest BCUT2D eigenvalue weighted by molar-refractivity contribution is -0.275. The van der Waals surface area contributed by atoms with E-state index in [0.29, 0.717) is 11.8 Å². The number of hydrogen-bond acceptors (Lipinski definition) is 14. The van der Waals surface area contributed by atoms with Gasteiger partial charge in [0.15, 0.2) is 18.0 Å². The maximum absolute atomic E-state index is 14.1. The second-order valence-corrected chi connectivity index (χ2v) is 15.8. The first kappa shape index (κ1) is 48.0. The summed E-state index contributed by atoms with van der Waals surface area (Å²) in [4.78, 5) is 69.2. The van der Waals surface area contributed by atoms with Crippen molar-refractivity contribution in [2.24, 2.45) is 0 Å². The number of carbonyl (C=O) groups is 4. The van der Waals surface area contributed by atoms with Crippen LogP contribution in [0.15, 0.2) is 191 Å². The molecule has 8 rings (SSSR count). The average Bonchev–Trinajstić information content (AvgIpc) is 3.40. The van der Waals surface area contributed by atoms with Crippen molar-refractivity contribution < 1.29 is 61.5 Å². The summed E-state index contributed by atoms with van der Waals surface area (Å²) in [7, 11) is 0. The number of fused-ring (bicyclic) bond motifs is 1. The van der Waals surface area contributed by atoms with Gasteiger partial charge in [0.2, 0.25) is 18.1 Å². The summed E-state index contributed by atoms with van der Waals surface area (Å²) in [5.74, 6) is -3.27. The molecule has 0 N–H and O–H groups in total. The van der Waals surface area contributed by atoms with E-state index in [-0.39, 0.29) is 58.3 Å². The summed E-state index contributed by atoms with van der Waals surface area (Å²) in [6.45, 7) is 1.73. The van der Waals surface area contributed by atoms with Crippen molar-refractivity contribution >= 4 is 34.8 Å². The summed E-state index contributed by atoms with van der Waals surface area (Å²) in [5, 5.41) is 0.367. The number of rotatable bonds is 19. The molecule has 1 aliphatic rings. The van der Waals surface area contributed by atoms with E-state index in [1.807, 2.05) is 49.4 Å². The van der Waals surface area contributed by atoms with E-state index in [9.17, 15) is 24.0 Å². The minimum absolute atomic E-state index is 0.0293. The van der Waals surface area contributed by atoms with Crippen LogP contribution in [0.2, 0.25) is 0 Å². The van der Waals surface area contributed by atoms with Gasteiger partial charge in [0.25, 0.3) is 0 Å². The zero-order valence-electron chi connectivity index (χ0n) is 38.0. The molecule has 2 heterocycles. The highest BCUT2D eigenvalue weighted by molar-refractivity contribution is 5.92. The van der Waals surface area contributed by atoms with Crippen LogP contribution in [0.4, 0.5) is 0 Å². The third-order valence-electron chi connectivity index (χ3n) is 10.9. The highest BCUT2D eigenvalue weighted by atomic mass is 16.7. The number of benzene rings is 6. The van der Waals surface area contributed by atoms with E-state index in [4.69, 9.17) is 42.3 Å². The second kappa shape index (κ2) is 23.5. The third-order valence-corrected chi connectivity index (χ3v) is 10.9. The Morgan fingerprint density at radius 3 is 1.63 bits per heavy atom. The Labute approximate surface area is 402 Å². The van der Waals surface area contributed by atoms with Crippen molar-refractivity contribution in [3.05, 3.63) is 220 Å². The number of carbonyl (C=O) groups excluding carboxylic acids is 4. The van der Waals surface area contributed by atoms with Crippen molar-refractivity contribution in [3.8, 4) is 17.2 Å². The Hall–Kier alpha value is -8.49. The zero-order chi connectivity index (χ0) is 48.7. The lowest BCUT2D eigenvalue weighted by Gasteiger charge is -2.44. The van der Waals surface area contributed by atoms with Crippen LogP contribution in [0.3, 0.4) is 0 Å². The van der Waals surface area contributed by atoms with Crippen molar-refractivity contribution in [1.29, 1.82) is 0 Å². The van der Waals surface area contributed by atoms with Crippen LogP contribution in [0.1, 0.15) is 66.8 Å². The molecular weight excluding hydrogens is 897 g/mol. The van der Waals surface area contributed by atoms with Gasteiger partial charge >= 0.3 is 29.5 Å². The Bertz CT molecular complexity index is 2940. The maximum atomic E-state index is 14.1. The van der Waals surface area contributed by atoms with Crippen LogP contribution < -0.4 is 19.8 Å². The number of allylic oxidation sites excluding steroid dienone is 1. The third kappa shape index (κ3) is 12.1. The van der Waals surface area contributed by atoms with Gasteiger partial charge in [-0.3, -0.25) is 0 Å². The Balaban J connectivity index is 1.20. The second-order valence-electron chi connectivity index (χ2n) is 15.8. The van der Waals surface area contributed by atoms with Crippen molar-refractivity contribution in [1.82, 2.24) is 0 Å². The average molecular weight is 945 g/mol. The molecule has 0 aliphatic carbocycles. The topological polar surface area (TPSA) is 172 Å². The molecule has 0 unspecified atom stereocenters. The van der Waals surface area contributed by atoms with Gasteiger partial charge in [0, 0.05) is 6.07 Å². The SMILES string of the molecule is CC/C=C/CCOc1c(OCc2ccccc2)c2ccc(O[C@H]3O[C@H](COC(=O)c4ccccc4)[C@@H](OC(=O)c4ccccc4)[C@H](OC(=O)c4ccccc4)[C@@H]3OC(=O)c3ccccc3)cc2oc1=O. The Morgan fingerprint density at radius 1 is 0.557 bits per heavy atom. The van der Waals surface area contributed by atoms with Crippen LogP contribution in [-0.2, 0) is 30.3 Å². The monoisotopic (exact) mass is 944 g/mol. The molecule has 1 fully saturated rings. The van der Waals surface area contributed by atoms with Crippen molar-refractivity contribution in [2.45, 2.75) is 57.1 Å². The number of esters is 4. The molecule has 14 nitrogen and oxygen atoms in total. The molecule has 1 aromatic heterocycles. The van der Waals surface area contributed by atoms with Gasteiger partial charge in [-0.15, -0.1) is 0 Å². The molecule has 7 aromatic rings. The van der Waals surface area contributed by atoms with Crippen LogP contribution in [0.25, 0.3) is 11.0 Å². The molecule has 5 atom stereocenters. The van der Waals surface area contributed by atoms with E-state index < -0.39 is 66.8 Å². The molecule has 1 aliphatic heterocycles. The first-order chi connectivity index (χ1) is 34.2. The van der Waals surface area contributed by atoms with E-state index in [1.54, 1.807) is 97.1 Å². The summed E-state index contributed by atoms with van der Waals surface area (Å²) >= 11 is 0. The normalized spacial score (nSPS) is 17.5. The van der Waals surface area contributed by atoms with E-state index in [2.05, 4.69) is 0 Å². The van der Waals surface area contributed by atoms with Crippen LogP contribution >= 0.6 is 0 Å². The largest absolute Gasteiger partial charge is 0.484 e. The summed E-state index contributed by atoms with van der Waals surface area (Å²) in [6.07, 6.45) is -2.71. The first-order valence-corrected chi connectivity index (χ1v) is 22.6. The lowest BCUT2D eigenvalue weighted by Crippen LogP contribution is -2.63. The smallest absolute Gasteiger partial charge is 0.383 e. The minimum Gasteiger partial charge on any atom is -0.484 e. The van der Waals surface area contributed by atoms with E-state index in [0.717, 1.165) is 12.0 Å². The fourth-order valence-corrected chi connectivity index (χ4v) is 7.48. The fraction of sp³-hybridized carbons (Fsp3) is 0.196. The molecular formula is C56H48O14. The quantitative estimate of drug-likeness (QED) is 0.0247. The van der Waals surface area contributed by atoms with Gasteiger partial charge in [-0.2, -0.15) is 0 Å². The van der Waals surface area contributed by atoms with Gasteiger partial charge in [0.05, 0.1) is 34.2 Å². The van der Waals surface area contributed by atoms with Gasteiger partial charge < -0.3 is 42.3 Å². The fourth-order valence-electron chi connectivity index (χ4n) is 7.48. The van der Waals surface area contributed by atoms with Gasteiger partial charge in [0.1, 0.15) is 30.7 Å². The molecule has 0 spiro atoms. The van der Waals surface area contributed by atoms with Gasteiger partial charge in [-0.25, -0.2) is 24.0 Å². The molecule has 0 amide bonds. The van der Waals surface area contributed by atoms with Crippen LogP contribution in [0, 0.1) is 0 Å². The van der Waals surface area contributed by atoms with Crippen LogP contribution in [0.5, 0.6) is 17.2 Å². The summed E-state index contributed by atoms with van der Waals surface area (Å²) in [6, 6.07) is 46.2. The maximum Gasteiger partial charge on any atom is 0.383 e. The number of hydrogen-bond donors (Lipinski definition) is 0. The van der Waals surface area contributed by atoms with Crippen LogP contribution in [-0.4, -0.2) is 67.8 Å². The van der Waals surface area contributed by atoms with Crippen molar-refractivity contribution in [2.75, 3.05) is 13.2 Å². The van der Waals surface area contributed by atoms with E-state index >= 15 is 0 Å². The molecule has 14 heteroatoms. The predicted molar refractivity (Wildman–Crippen MR) is 256 cm³/mol. The molecule has 1 saturated heterocycles. The lowest BCUT2D eigenvalue weighted by atomic mass is 9.97. The zero-order valence-corrected chi connectivity index (χ0v) is 38.0. The van der Waals surface area contributed by atoms with Gasteiger partial charge in [-0.05, 0) is 79.1 Å². The highest BCUT2D eigenvalue weighted by Gasteiger charge is 2.54. The van der Waals surface area contributed by atoms with E-state index in [1.165, 1.54) is 42.5 Å². The Morgan fingerprint density at radius 2 is 1.07 bits per heavy atom. The molecule has 0 radical (unpaired) electrons. The predicted octanol–water partition coefficient (Wildman–Crippen LogP) is 9.74. The minimum atomic E-state index is -1.68. The first-order valence-electron chi connectivity index (χ1n) is 22.6. The molecule has 0 saturated carbocycles. The molecule has 356 valence electrons. The number of ether oxygens (including phenoxy) is 8.